The summed E-state index contributed by atoms with van der Waals surface area (Å²) in [5.41, 5.74) is 3.83. The topological polar surface area (TPSA) is 86.7 Å². The maximum atomic E-state index is 10.6. The molecule has 3 heterocycles. The van der Waals surface area contributed by atoms with Gasteiger partial charge in [0.1, 0.15) is 5.82 Å². The van der Waals surface area contributed by atoms with E-state index in [4.69, 9.17) is 16.6 Å². The largest absolute Gasteiger partial charge is 0.493 e. The van der Waals surface area contributed by atoms with E-state index in [0.717, 1.165) is 34.8 Å². The maximum absolute atomic E-state index is 10.6. The molecule has 4 aromatic rings. The van der Waals surface area contributed by atoms with Crippen LogP contribution >= 0.6 is 11.6 Å². The van der Waals surface area contributed by atoms with Gasteiger partial charge in [-0.2, -0.15) is 10.1 Å². The number of aromatic nitrogens is 4. The molecule has 0 amide bonds. The second kappa shape index (κ2) is 6.89. The van der Waals surface area contributed by atoms with E-state index in [1.807, 2.05) is 48.7 Å². The highest BCUT2D eigenvalue weighted by Crippen LogP contribution is 2.37. The van der Waals surface area contributed by atoms with Gasteiger partial charge in [0.15, 0.2) is 0 Å². The monoisotopic (exact) mass is 391 g/mol. The van der Waals surface area contributed by atoms with Gasteiger partial charge in [-0.3, -0.25) is 5.10 Å². The number of nitrogens with zero attached hydrogens (tertiary/aromatic N) is 3. The minimum absolute atomic E-state index is 0.00658. The maximum Gasteiger partial charge on any atom is 0.222 e. The molecule has 0 spiro atoms. The highest BCUT2D eigenvalue weighted by atomic mass is 35.5. The van der Waals surface area contributed by atoms with Crippen LogP contribution < -0.4 is 5.32 Å². The highest BCUT2D eigenvalue weighted by molar-refractivity contribution is 6.30. The van der Waals surface area contributed by atoms with Crippen molar-refractivity contribution in [1.29, 1.82) is 0 Å². The third-order valence-corrected chi connectivity index (χ3v) is 5.62. The molecule has 2 aromatic carbocycles. The number of benzene rings is 2. The fourth-order valence-corrected chi connectivity index (χ4v) is 4.02. The molecule has 1 aliphatic rings. The lowest BCUT2D eigenvalue weighted by Crippen LogP contribution is -2.13. The Balaban J connectivity index is 1.53. The van der Waals surface area contributed by atoms with Crippen LogP contribution in [0.25, 0.3) is 22.0 Å². The smallest absolute Gasteiger partial charge is 0.222 e. The summed E-state index contributed by atoms with van der Waals surface area (Å²) in [6.07, 6.45) is 3.56. The molecule has 2 aromatic heterocycles. The van der Waals surface area contributed by atoms with Crippen LogP contribution in [0.5, 0.6) is 5.88 Å². The van der Waals surface area contributed by atoms with Crippen LogP contribution in [-0.2, 0) is 0 Å². The van der Waals surface area contributed by atoms with Crippen molar-refractivity contribution in [2.45, 2.75) is 11.8 Å². The van der Waals surface area contributed by atoms with Gasteiger partial charge in [0.2, 0.25) is 5.88 Å². The zero-order valence-electron chi connectivity index (χ0n) is 14.9. The molecule has 5 rings (SSSR count). The predicted molar refractivity (Wildman–Crippen MR) is 109 cm³/mol. The highest BCUT2D eigenvalue weighted by Gasteiger charge is 2.32. The van der Waals surface area contributed by atoms with Gasteiger partial charge in [-0.05, 0) is 35.4 Å². The molecule has 2 atom stereocenters. The van der Waals surface area contributed by atoms with Crippen LogP contribution in [0.15, 0.2) is 54.9 Å². The zero-order valence-corrected chi connectivity index (χ0v) is 15.7. The number of nitrogens with one attached hydrogen (secondary N) is 2. The molecule has 0 unspecified atom stereocenters. The number of halogens is 1. The first-order valence-corrected chi connectivity index (χ1v) is 9.53. The second-order valence-electron chi connectivity index (χ2n) is 7.05. The summed E-state index contributed by atoms with van der Waals surface area (Å²) in [5.74, 6) is 0.988. The van der Waals surface area contributed by atoms with Crippen molar-refractivity contribution in [3.05, 3.63) is 71.3 Å². The lowest BCUT2D eigenvalue weighted by atomic mass is 9.88. The summed E-state index contributed by atoms with van der Waals surface area (Å²) < 4.78 is 0. The molecule has 3 N–H and O–H groups in total. The first kappa shape index (κ1) is 17.2. The minimum atomic E-state index is 0.00658. The van der Waals surface area contributed by atoms with Crippen molar-refractivity contribution in [1.82, 2.24) is 25.5 Å². The summed E-state index contributed by atoms with van der Waals surface area (Å²) in [6, 6.07) is 13.7. The van der Waals surface area contributed by atoms with Gasteiger partial charge in [0, 0.05) is 41.7 Å². The van der Waals surface area contributed by atoms with Crippen LogP contribution in [0, 0.1) is 0 Å². The average Bonchev–Trinajstić information content (AvgIpc) is 3.40. The van der Waals surface area contributed by atoms with E-state index in [2.05, 4.69) is 20.5 Å². The van der Waals surface area contributed by atoms with Crippen LogP contribution in [0.4, 0.5) is 0 Å². The molecular formula is C21H18ClN5O. The molecule has 1 aliphatic heterocycles. The number of hydrogen-bond acceptors (Lipinski definition) is 5. The third-order valence-electron chi connectivity index (χ3n) is 5.37. The Kier molecular flexibility index (Phi) is 4.22. The summed E-state index contributed by atoms with van der Waals surface area (Å²) in [6.45, 7) is 1.61. The number of fused-ring (bicyclic) bond motifs is 1. The molecule has 6 nitrogen and oxygen atoms in total. The van der Waals surface area contributed by atoms with E-state index in [0.29, 0.717) is 11.2 Å². The lowest BCUT2D eigenvalue weighted by molar-refractivity contribution is 0.452. The lowest BCUT2D eigenvalue weighted by Gasteiger charge is -2.18. The summed E-state index contributed by atoms with van der Waals surface area (Å²) in [5, 5.41) is 22.2. The molecular weight excluding hydrogens is 374 g/mol. The van der Waals surface area contributed by atoms with E-state index in [1.54, 1.807) is 6.20 Å². The van der Waals surface area contributed by atoms with E-state index in [-0.39, 0.29) is 17.7 Å². The van der Waals surface area contributed by atoms with Crippen molar-refractivity contribution in [2.24, 2.45) is 0 Å². The number of H-pyrrole nitrogens is 1. The van der Waals surface area contributed by atoms with Crippen LogP contribution in [0.2, 0.25) is 5.02 Å². The second-order valence-corrected chi connectivity index (χ2v) is 7.48. The zero-order chi connectivity index (χ0) is 19.1. The van der Waals surface area contributed by atoms with Crippen LogP contribution in [0.1, 0.15) is 23.2 Å². The van der Waals surface area contributed by atoms with Gasteiger partial charge in [-0.15, -0.1) is 0 Å². The molecule has 0 radical (unpaired) electrons. The standard InChI is InChI=1S/C21H18ClN5O/c22-15-4-1-12(2-5-15)17-10-23-11-18(17)20-26-19-6-3-13(14-8-24-25-9-14)7-16(19)21(28)27-20/h1-9,17-18,23H,10-11H2,(H,24,25)(H,26,27,28)/t17-,18+/m1/s1. The summed E-state index contributed by atoms with van der Waals surface area (Å²) in [7, 11) is 0. The van der Waals surface area contributed by atoms with Crippen molar-refractivity contribution < 1.29 is 5.11 Å². The fourth-order valence-electron chi connectivity index (χ4n) is 3.89. The number of aromatic hydroxyl groups is 1. The third kappa shape index (κ3) is 3.00. The Hall–Kier alpha value is -2.96. The molecule has 28 heavy (non-hydrogen) atoms. The molecule has 7 heteroatoms. The van der Waals surface area contributed by atoms with Crippen LogP contribution in [0.3, 0.4) is 0 Å². The molecule has 1 fully saturated rings. The summed E-state index contributed by atoms with van der Waals surface area (Å²) in [4.78, 5) is 9.23. The fraction of sp³-hybridized carbons (Fsp3) is 0.190. The summed E-state index contributed by atoms with van der Waals surface area (Å²) >= 11 is 6.03. The van der Waals surface area contributed by atoms with Crippen LogP contribution in [-0.4, -0.2) is 38.4 Å². The Morgan fingerprint density at radius 2 is 1.79 bits per heavy atom. The van der Waals surface area contributed by atoms with E-state index in [9.17, 15) is 5.11 Å². The quantitative estimate of drug-likeness (QED) is 0.493. The molecule has 0 saturated carbocycles. The van der Waals surface area contributed by atoms with Gasteiger partial charge >= 0.3 is 0 Å². The van der Waals surface area contributed by atoms with Gasteiger partial charge in [0.05, 0.1) is 17.1 Å². The number of hydrogen-bond donors (Lipinski definition) is 3. The van der Waals surface area contributed by atoms with E-state index >= 15 is 0 Å². The van der Waals surface area contributed by atoms with Gasteiger partial charge in [-0.25, -0.2) is 4.98 Å². The van der Waals surface area contributed by atoms with Gasteiger partial charge in [-0.1, -0.05) is 29.8 Å². The Morgan fingerprint density at radius 3 is 2.57 bits per heavy atom. The van der Waals surface area contributed by atoms with Gasteiger partial charge in [0.25, 0.3) is 0 Å². The molecule has 1 saturated heterocycles. The first-order chi connectivity index (χ1) is 13.7. The Bertz CT molecular complexity index is 1130. The minimum Gasteiger partial charge on any atom is -0.493 e. The SMILES string of the molecule is Oc1nc([C@H]2CNC[C@@H]2c2ccc(Cl)cc2)nc2ccc(-c3cn[nH]c3)cc12. The molecule has 0 bridgehead atoms. The van der Waals surface area contributed by atoms with E-state index in [1.165, 1.54) is 5.56 Å². The van der Waals surface area contributed by atoms with E-state index < -0.39 is 0 Å². The normalized spacial score (nSPS) is 19.3. The number of rotatable bonds is 3. The van der Waals surface area contributed by atoms with Crippen molar-refractivity contribution in [3.8, 4) is 17.0 Å². The molecule has 0 aliphatic carbocycles. The van der Waals surface area contributed by atoms with Crippen molar-refractivity contribution >= 4 is 22.5 Å². The average molecular weight is 392 g/mol. The molecule has 140 valence electrons. The first-order valence-electron chi connectivity index (χ1n) is 9.15. The Morgan fingerprint density at radius 1 is 0.964 bits per heavy atom. The predicted octanol–water partition coefficient (Wildman–Crippen LogP) is 3.85. The number of aromatic amines is 1. The van der Waals surface area contributed by atoms with Crippen molar-refractivity contribution in [3.63, 3.8) is 0 Å². The van der Waals surface area contributed by atoms with Crippen molar-refractivity contribution in [2.75, 3.05) is 13.1 Å². The Labute approximate surface area is 166 Å². The van der Waals surface area contributed by atoms with Gasteiger partial charge < -0.3 is 10.4 Å².